The molecular formula is C16H32O4. The van der Waals surface area contributed by atoms with Crippen LogP contribution in [0.5, 0.6) is 0 Å². The van der Waals surface area contributed by atoms with Crippen molar-refractivity contribution in [3.8, 4) is 0 Å². The summed E-state index contributed by atoms with van der Waals surface area (Å²) >= 11 is 0. The number of ether oxygens (including phenoxy) is 2. The molecule has 3 unspecified atom stereocenters. The van der Waals surface area contributed by atoms with Gasteiger partial charge in [-0.15, -0.1) is 0 Å². The minimum atomic E-state index is -0.125. The van der Waals surface area contributed by atoms with Gasteiger partial charge in [-0.25, -0.2) is 4.89 Å². The average molecular weight is 288 g/mol. The zero-order valence-corrected chi connectivity index (χ0v) is 13.2. The summed E-state index contributed by atoms with van der Waals surface area (Å²) in [7, 11) is 0. The van der Waals surface area contributed by atoms with E-state index in [0.717, 1.165) is 6.42 Å². The molecule has 0 bridgehead atoms. The summed E-state index contributed by atoms with van der Waals surface area (Å²) in [6.07, 6.45) is 11.7. The Balaban J connectivity index is 1.94. The lowest BCUT2D eigenvalue weighted by Gasteiger charge is -2.18. The maximum absolute atomic E-state index is 8.39. The molecule has 1 heterocycles. The highest BCUT2D eigenvalue weighted by Gasteiger charge is 2.30. The molecule has 1 saturated heterocycles. The summed E-state index contributed by atoms with van der Waals surface area (Å²) in [5.74, 6) is 0.416. The van der Waals surface area contributed by atoms with E-state index in [2.05, 4.69) is 18.7 Å². The molecule has 0 aromatic carbocycles. The summed E-state index contributed by atoms with van der Waals surface area (Å²) in [6.45, 7) is 5.15. The van der Waals surface area contributed by atoms with Crippen molar-refractivity contribution in [2.24, 2.45) is 5.92 Å². The van der Waals surface area contributed by atoms with Gasteiger partial charge in [0.15, 0.2) is 6.29 Å². The molecule has 0 saturated carbocycles. The molecule has 1 fully saturated rings. The van der Waals surface area contributed by atoms with Crippen molar-refractivity contribution in [1.29, 1.82) is 0 Å². The molecule has 0 radical (unpaired) electrons. The third-order valence-corrected chi connectivity index (χ3v) is 4.01. The number of unbranched alkanes of at least 4 members (excludes halogenated alkanes) is 7. The van der Waals surface area contributed by atoms with Gasteiger partial charge in [0.05, 0.1) is 6.61 Å². The predicted molar refractivity (Wildman–Crippen MR) is 79.6 cm³/mol. The van der Waals surface area contributed by atoms with Crippen LogP contribution in [0.25, 0.3) is 0 Å². The summed E-state index contributed by atoms with van der Waals surface area (Å²) in [6, 6.07) is 0. The van der Waals surface area contributed by atoms with Crippen LogP contribution in [0.4, 0.5) is 0 Å². The minimum absolute atomic E-state index is 0.119. The molecule has 0 aliphatic carbocycles. The van der Waals surface area contributed by atoms with Gasteiger partial charge >= 0.3 is 0 Å². The Hall–Kier alpha value is -0.160. The zero-order chi connectivity index (χ0) is 14.6. The van der Waals surface area contributed by atoms with Crippen molar-refractivity contribution in [2.45, 2.75) is 84.0 Å². The molecule has 0 aromatic heterocycles. The third kappa shape index (κ3) is 7.58. The van der Waals surface area contributed by atoms with Crippen LogP contribution in [0.2, 0.25) is 0 Å². The Bertz CT molecular complexity index is 223. The molecule has 0 aromatic rings. The number of hydrogen-bond acceptors (Lipinski definition) is 4. The van der Waals surface area contributed by atoms with Gasteiger partial charge in [0.25, 0.3) is 0 Å². The van der Waals surface area contributed by atoms with Gasteiger partial charge in [-0.1, -0.05) is 65.2 Å². The Morgan fingerprint density at radius 1 is 1.10 bits per heavy atom. The first-order valence-corrected chi connectivity index (χ1v) is 8.31. The van der Waals surface area contributed by atoms with Crippen molar-refractivity contribution in [3.63, 3.8) is 0 Å². The van der Waals surface area contributed by atoms with Crippen LogP contribution in [-0.4, -0.2) is 30.9 Å². The van der Waals surface area contributed by atoms with Crippen LogP contribution in [0.3, 0.4) is 0 Å². The van der Waals surface area contributed by atoms with Crippen molar-refractivity contribution in [3.05, 3.63) is 0 Å². The van der Waals surface area contributed by atoms with Crippen LogP contribution >= 0.6 is 0 Å². The maximum Gasteiger partial charge on any atom is 0.160 e. The van der Waals surface area contributed by atoms with Crippen LogP contribution in [-0.2, 0) is 14.4 Å². The molecule has 0 spiro atoms. The largest absolute Gasteiger partial charge is 0.350 e. The summed E-state index contributed by atoms with van der Waals surface area (Å²) in [4.78, 5) is 4.10. The molecular weight excluding hydrogens is 256 g/mol. The van der Waals surface area contributed by atoms with Gasteiger partial charge in [-0.05, 0) is 6.42 Å². The molecule has 1 aliphatic rings. The molecule has 4 nitrogen and oxygen atoms in total. The molecule has 20 heavy (non-hydrogen) atoms. The Morgan fingerprint density at radius 2 is 1.75 bits per heavy atom. The van der Waals surface area contributed by atoms with Crippen molar-refractivity contribution in [2.75, 3.05) is 13.2 Å². The highest BCUT2D eigenvalue weighted by Crippen LogP contribution is 2.23. The van der Waals surface area contributed by atoms with Gasteiger partial charge in [-0.2, -0.15) is 0 Å². The first kappa shape index (κ1) is 17.9. The quantitative estimate of drug-likeness (QED) is 0.329. The molecule has 1 N–H and O–H groups in total. The summed E-state index contributed by atoms with van der Waals surface area (Å²) < 4.78 is 11.3. The van der Waals surface area contributed by atoms with Gasteiger partial charge in [0.1, 0.15) is 12.7 Å². The van der Waals surface area contributed by atoms with Crippen molar-refractivity contribution < 1.29 is 19.6 Å². The fraction of sp³-hybridized carbons (Fsp3) is 1.00. The van der Waals surface area contributed by atoms with E-state index in [1.165, 1.54) is 51.4 Å². The van der Waals surface area contributed by atoms with Gasteiger partial charge in [-0.3, -0.25) is 5.26 Å². The van der Waals surface area contributed by atoms with E-state index < -0.39 is 0 Å². The zero-order valence-electron chi connectivity index (χ0n) is 13.2. The minimum Gasteiger partial charge on any atom is -0.350 e. The Kier molecular flexibility index (Phi) is 10.3. The smallest absolute Gasteiger partial charge is 0.160 e. The number of rotatable bonds is 12. The Labute approximate surface area is 123 Å². The number of hydrogen-bond donors (Lipinski definition) is 1. The molecule has 4 heteroatoms. The first-order valence-electron chi connectivity index (χ1n) is 8.31. The van der Waals surface area contributed by atoms with E-state index in [1.54, 1.807) is 0 Å². The first-order chi connectivity index (χ1) is 9.77. The fourth-order valence-corrected chi connectivity index (χ4v) is 2.68. The van der Waals surface area contributed by atoms with Gasteiger partial charge < -0.3 is 9.47 Å². The van der Waals surface area contributed by atoms with Gasteiger partial charge in [0, 0.05) is 5.92 Å². The molecule has 1 rings (SSSR count). The highest BCUT2D eigenvalue weighted by atomic mass is 17.1. The lowest BCUT2D eigenvalue weighted by molar-refractivity contribution is -0.259. The van der Waals surface area contributed by atoms with E-state index in [-0.39, 0.29) is 19.0 Å². The second kappa shape index (κ2) is 11.5. The van der Waals surface area contributed by atoms with Gasteiger partial charge in [0.2, 0.25) is 0 Å². The van der Waals surface area contributed by atoms with E-state index >= 15 is 0 Å². The predicted octanol–water partition coefficient (Wildman–Crippen LogP) is 4.38. The van der Waals surface area contributed by atoms with Crippen LogP contribution < -0.4 is 0 Å². The topological polar surface area (TPSA) is 47.9 Å². The molecule has 3 atom stereocenters. The summed E-state index contributed by atoms with van der Waals surface area (Å²) in [5.41, 5.74) is 0. The van der Waals surface area contributed by atoms with Crippen LogP contribution in [0, 0.1) is 5.92 Å². The Morgan fingerprint density at radius 3 is 2.40 bits per heavy atom. The third-order valence-electron chi connectivity index (χ3n) is 4.01. The molecule has 0 amide bonds. The average Bonchev–Trinajstić information content (AvgIpc) is 2.91. The second-order valence-corrected chi connectivity index (χ2v) is 6.00. The van der Waals surface area contributed by atoms with Crippen LogP contribution in [0.15, 0.2) is 0 Å². The van der Waals surface area contributed by atoms with Crippen LogP contribution in [0.1, 0.15) is 71.6 Å². The lowest BCUT2D eigenvalue weighted by atomic mass is 10.0. The van der Waals surface area contributed by atoms with E-state index in [1.807, 2.05) is 0 Å². The highest BCUT2D eigenvalue weighted by molar-refractivity contribution is 4.69. The second-order valence-electron chi connectivity index (χ2n) is 6.00. The van der Waals surface area contributed by atoms with E-state index in [9.17, 15) is 0 Å². The maximum atomic E-state index is 8.39. The van der Waals surface area contributed by atoms with E-state index in [0.29, 0.717) is 12.5 Å². The normalized spacial score (nSPS) is 24.1. The fourth-order valence-electron chi connectivity index (χ4n) is 2.68. The monoisotopic (exact) mass is 288 g/mol. The standard InChI is InChI=1S/C16H32O4/c1-3-4-5-6-7-8-9-10-11-14(2)16-18-12-15(20-16)13-19-17/h14-17H,3-13H2,1-2H3. The summed E-state index contributed by atoms with van der Waals surface area (Å²) in [5, 5.41) is 8.39. The lowest BCUT2D eigenvalue weighted by Crippen LogP contribution is -2.22. The van der Waals surface area contributed by atoms with Crippen molar-refractivity contribution >= 4 is 0 Å². The van der Waals surface area contributed by atoms with E-state index in [4.69, 9.17) is 14.7 Å². The SMILES string of the molecule is CCCCCCCCCCC(C)C1OCC(COO)O1. The molecule has 1 aliphatic heterocycles. The van der Waals surface area contributed by atoms with Crippen molar-refractivity contribution in [1.82, 2.24) is 0 Å². The molecule has 120 valence electrons.